The first-order chi connectivity index (χ1) is 7.00. The zero-order chi connectivity index (χ0) is 11.9. The van der Waals surface area contributed by atoms with Crippen molar-refractivity contribution in [1.29, 1.82) is 0 Å². The van der Waals surface area contributed by atoms with E-state index in [1.807, 2.05) is 0 Å². The predicted molar refractivity (Wildman–Crippen MR) is 59.8 cm³/mol. The van der Waals surface area contributed by atoms with Crippen molar-refractivity contribution in [2.24, 2.45) is 0 Å². The lowest BCUT2D eigenvalue weighted by Gasteiger charge is -2.17. The topological polar surface area (TPSA) is 55.8 Å². The van der Waals surface area contributed by atoms with E-state index in [4.69, 9.17) is 14.2 Å². The highest BCUT2D eigenvalue weighted by Gasteiger charge is 2.28. The molecule has 0 fully saturated rings. The second-order valence-electron chi connectivity index (χ2n) is 3.06. The summed E-state index contributed by atoms with van der Waals surface area (Å²) in [6.07, 6.45) is 0. The SMILES string of the molecule is CCOP(=O)(OCC)C(=C=C(C)C)CO. The van der Waals surface area contributed by atoms with E-state index in [1.54, 1.807) is 27.7 Å². The highest BCUT2D eigenvalue weighted by Crippen LogP contribution is 2.55. The molecule has 4 nitrogen and oxygen atoms in total. The lowest BCUT2D eigenvalue weighted by atomic mass is 10.4. The second-order valence-corrected chi connectivity index (χ2v) is 5.11. The number of aliphatic hydroxyl groups excluding tert-OH is 1. The highest BCUT2D eigenvalue weighted by molar-refractivity contribution is 7.58. The Labute approximate surface area is 91.1 Å². The van der Waals surface area contributed by atoms with Crippen molar-refractivity contribution >= 4 is 7.60 Å². The van der Waals surface area contributed by atoms with Crippen LogP contribution >= 0.6 is 7.60 Å². The van der Waals surface area contributed by atoms with E-state index in [9.17, 15) is 4.57 Å². The van der Waals surface area contributed by atoms with Crippen molar-refractivity contribution in [2.75, 3.05) is 19.8 Å². The number of rotatable bonds is 6. The summed E-state index contributed by atoms with van der Waals surface area (Å²) in [5.41, 5.74) is 3.63. The van der Waals surface area contributed by atoms with Gasteiger partial charge in [0.15, 0.2) is 0 Å². The molecule has 0 heterocycles. The maximum absolute atomic E-state index is 12.2. The molecule has 0 aromatic heterocycles. The van der Waals surface area contributed by atoms with E-state index in [1.165, 1.54) is 0 Å². The third-order valence-corrected chi connectivity index (χ3v) is 3.58. The Balaban J connectivity index is 5.22. The molecule has 0 saturated carbocycles. The van der Waals surface area contributed by atoms with Crippen LogP contribution < -0.4 is 0 Å². The summed E-state index contributed by atoms with van der Waals surface area (Å²) in [5.74, 6) is 0. The molecule has 0 aliphatic rings. The molecule has 1 N–H and O–H groups in total. The first-order valence-corrected chi connectivity index (χ1v) is 6.48. The van der Waals surface area contributed by atoms with E-state index in [0.29, 0.717) is 0 Å². The number of aliphatic hydroxyl groups is 1. The maximum Gasteiger partial charge on any atom is 0.367 e. The molecule has 0 saturated heterocycles. The van der Waals surface area contributed by atoms with Crippen molar-refractivity contribution in [3.8, 4) is 0 Å². The molecule has 0 radical (unpaired) electrons. The Bertz CT molecular complexity index is 289. The first-order valence-electron chi connectivity index (χ1n) is 4.93. The molecule has 0 amide bonds. The Hall–Kier alpha value is -0.370. The molecule has 88 valence electrons. The molecule has 0 spiro atoms. The minimum Gasteiger partial charge on any atom is -0.391 e. The first kappa shape index (κ1) is 14.6. The Morgan fingerprint density at radius 2 is 1.73 bits per heavy atom. The van der Waals surface area contributed by atoms with Gasteiger partial charge >= 0.3 is 7.60 Å². The van der Waals surface area contributed by atoms with Gasteiger partial charge in [-0.3, -0.25) is 4.57 Å². The van der Waals surface area contributed by atoms with Gasteiger partial charge in [0.25, 0.3) is 0 Å². The van der Waals surface area contributed by atoms with Crippen LogP contribution in [0.3, 0.4) is 0 Å². The van der Waals surface area contributed by atoms with Crippen LogP contribution in [0.4, 0.5) is 0 Å². The average Bonchev–Trinajstić information content (AvgIpc) is 2.14. The normalized spacial score (nSPS) is 11.0. The van der Waals surface area contributed by atoms with E-state index in [0.717, 1.165) is 5.57 Å². The summed E-state index contributed by atoms with van der Waals surface area (Å²) < 4.78 is 22.3. The zero-order valence-electron chi connectivity index (χ0n) is 9.74. The molecular weight excluding hydrogens is 215 g/mol. The van der Waals surface area contributed by atoms with Crippen LogP contribution in [0, 0.1) is 0 Å². The smallest absolute Gasteiger partial charge is 0.367 e. The lowest BCUT2D eigenvalue weighted by molar-refractivity contribution is 0.220. The Morgan fingerprint density at radius 3 is 2.00 bits per heavy atom. The summed E-state index contributed by atoms with van der Waals surface area (Å²) in [4.78, 5) is 0. The molecular formula is C10H19O4P. The van der Waals surface area contributed by atoms with E-state index in [-0.39, 0.29) is 25.1 Å². The molecule has 0 aromatic rings. The Morgan fingerprint density at radius 1 is 1.27 bits per heavy atom. The van der Waals surface area contributed by atoms with Gasteiger partial charge in [-0.1, -0.05) is 0 Å². The molecule has 0 rings (SSSR count). The monoisotopic (exact) mass is 234 g/mol. The van der Waals surface area contributed by atoms with Crippen molar-refractivity contribution in [3.63, 3.8) is 0 Å². The largest absolute Gasteiger partial charge is 0.391 e. The third kappa shape index (κ3) is 4.78. The van der Waals surface area contributed by atoms with Gasteiger partial charge in [0.2, 0.25) is 0 Å². The molecule has 0 unspecified atom stereocenters. The molecule has 0 aliphatic carbocycles. The fourth-order valence-corrected chi connectivity index (χ4v) is 2.62. The van der Waals surface area contributed by atoms with Gasteiger partial charge in [0.1, 0.15) is 5.31 Å². The standard InChI is InChI=1S/C10H19O4P/c1-5-13-15(12,14-6-2)10(8-11)7-9(3)4/h11H,5-6,8H2,1-4H3. The predicted octanol–water partition coefficient (Wildman–Crippen LogP) is 2.69. The summed E-state index contributed by atoms with van der Waals surface area (Å²) in [7, 11) is -3.35. The Kier molecular flexibility index (Phi) is 6.82. The van der Waals surface area contributed by atoms with E-state index < -0.39 is 7.60 Å². The fourth-order valence-electron chi connectivity index (χ4n) is 1.02. The highest BCUT2D eigenvalue weighted by atomic mass is 31.2. The zero-order valence-corrected chi connectivity index (χ0v) is 10.6. The van der Waals surface area contributed by atoms with Gasteiger partial charge in [-0.2, -0.15) is 0 Å². The van der Waals surface area contributed by atoms with E-state index in [2.05, 4.69) is 5.73 Å². The van der Waals surface area contributed by atoms with Crippen LogP contribution in [-0.4, -0.2) is 24.9 Å². The van der Waals surface area contributed by atoms with Gasteiger partial charge in [-0.05, 0) is 33.3 Å². The molecule has 0 aliphatic heterocycles. The molecule has 0 atom stereocenters. The van der Waals surface area contributed by atoms with Crippen LogP contribution in [0.1, 0.15) is 27.7 Å². The minimum absolute atomic E-state index is 0.186. The van der Waals surface area contributed by atoms with Crippen LogP contribution in [0.15, 0.2) is 16.6 Å². The van der Waals surface area contributed by atoms with Gasteiger partial charge in [0, 0.05) is 0 Å². The van der Waals surface area contributed by atoms with E-state index >= 15 is 0 Å². The van der Waals surface area contributed by atoms with Crippen molar-refractivity contribution in [3.05, 3.63) is 16.6 Å². The van der Waals surface area contributed by atoms with Crippen LogP contribution in [-0.2, 0) is 13.6 Å². The quantitative estimate of drug-likeness (QED) is 0.567. The minimum atomic E-state index is -3.35. The van der Waals surface area contributed by atoms with Gasteiger partial charge in [-0.25, -0.2) is 0 Å². The van der Waals surface area contributed by atoms with Crippen LogP contribution in [0.25, 0.3) is 0 Å². The molecule has 0 bridgehead atoms. The van der Waals surface area contributed by atoms with Crippen molar-refractivity contribution in [2.45, 2.75) is 27.7 Å². The molecule has 0 aromatic carbocycles. The fraction of sp³-hybridized carbons (Fsp3) is 0.700. The summed E-state index contributed by atoms with van der Waals surface area (Å²) >= 11 is 0. The van der Waals surface area contributed by atoms with Crippen molar-refractivity contribution < 1.29 is 18.7 Å². The number of hydrogen-bond acceptors (Lipinski definition) is 4. The lowest BCUT2D eigenvalue weighted by Crippen LogP contribution is -2.01. The van der Waals surface area contributed by atoms with Gasteiger partial charge in [0.05, 0.1) is 19.8 Å². The van der Waals surface area contributed by atoms with Crippen LogP contribution in [0.2, 0.25) is 0 Å². The second kappa shape index (κ2) is 7.00. The third-order valence-electron chi connectivity index (χ3n) is 1.47. The summed E-state index contributed by atoms with van der Waals surface area (Å²) in [6, 6.07) is 0. The molecule has 5 heteroatoms. The average molecular weight is 234 g/mol. The summed E-state index contributed by atoms with van der Waals surface area (Å²) in [6.45, 7) is 7.22. The van der Waals surface area contributed by atoms with Gasteiger partial charge < -0.3 is 14.2 Å². The van der Waals surface area contributed by atoms with Gasteiger partial charge in [-0.15, -0.1) is 5.73 Å². The summed E-state index contributed by atoms with van der Waals surface area (Å²) in [5, 5.41) is 9.31. The molecule has 15 heavy (non-hydrogen) atoms. The maximum atomic E-state index is 12.2. The number of hydrogen-bond donors (Lipinski definition) is 1. The van der Waals surface area contributed by atoms with Crippen LogP contribution in [0.5, 0.6) is 0 Å². The van der Waals surface area contributed by atoms with Crippen molar-refractivity contribution in [1.82, 2.24) is 0 Å².